The van der Waals surface area contributed by atoms with Gasteiger partial charge < -0.3 is 16.3 Å². The van der Waals surface area contributed by atoms with E-state index in [0.717, 1.165) is 5.56 Å². The topological polar surface area (TPSA) is 87.7 Å². The maximum Gasteiger partial charge on any atom is 0.251 e. The van der Waals surface area contributed by atoms with Crippen LogP contribution in [0.1, 0.15) is 34.5 Å². The summed E-state index contributed by atoms with van der Waals surface area (Å²) in [7, 11) is 0. The van der Waals surface area contributed by atoms with Crippen molar-refractivity contribution in [3.8, 4) is 0 Å². The summed E-state index contributed by atoms with van der Waals surface area (Å²) in [4.78, 5) is 12.1. The highest BCUT2D eigenvalue weighted by Gasteiger charge is 2.12. The molecule has 0 aliphatic carbocycles. The fourth-order valence-corrected chi connectivity index (χ4v) is 2.49. The summed E-state index contributed by atoms with van der Waals surface area (Å²) < 4.78 is 0. The molecule has 104 valence electrons. The number of rotatable bonds is 4. The number of carbonyl (C=O) groups is 1. The molecule has 2 aromatic rings. The summed E-state index contributed by atoms with van der Waals surface area (Å²) in [5.74, 6) is -0.140. The van der Waals surface area contributed by atoms with E-state index < -0.39 is 0 Å². The number of thiophene rings is 1. The smallest absolute Gasteiger partial charge is 0.251 e. The van der Waals surface area contributed by atoms with E-state index in [1.807, 2.05) is 23.8 Å². The second-order valence-electron chi connectivity index (χ2n) is 4.31. The van der Waals surface area contributed by atoms with Gasteiger partial charge in [-0.15, -0.1) is 0 Å². The van der Waals surface area contributed by atoms with E-state index >= 15 is 0 Å². The standard InChI is InChI=1S/C14H15N3O2S/c1-9(12-6-7-20-8-12)16-14(18)11-4-2-10(3-5-11)13(15)17-19/h2-9,19H,1H3,(H2,15,17)(H,16,18). The third-order valence-electron chi connectivity index (χ3n) is 2.94. The molecule has 1 heterocycles. The summed E-state index contributed by atoms with van der Waals surface area (Å²) in [5, 5.41) is 18.4. The molecule has 20 heavy (non-hydrogen) atoms. The van der Waals surface area contributed by atoms with Crippen LogP contribution in [0.3, 0.4) is 0 Å². The van der Waals surface area contributed by atoms with Gasteiger partial charge in [-0.3, -0.25) is 4.79 Å². The number of nitrogens with two attached hydrogens (primary N) is 1. The number of nitrogens with one attached hydrogen (secondary N) is 1. The van der Waals surface area contributed by atoms with Crippen molar-refractivity contribution in [3.63, 3.8) is 0 Å². The second-order valence-corrected chi connectivity index (χ2v) is 5.09. The SMILES string of the molecule is CC(NC(=O)c1ccc(C(N)=NO)cc1)c1ccsc1. The third-order valence-corrected chi connectivity index (χ3v) is 3.64. The highest BCUT2D eigenvalue weighted by Crippen LogP contribution is 2.16. The monoisotopic (exact) mass is 289 g/mol. The molecule has 0 radical (unpaired) electrons. The second kappa shape index (κ2) is 6.21. The van der Waals surface area contributed by atoms with E-state index in [0.29, 0.717) is 11.1 Å². The predicted octanol–water partition coefficient (Wildman–Crippen LogP) is 2.33. The zero-order valence-corrected chi connectivity index (χ0v) is 11.7. The van der Waals surface area contributed by atoms with Gasteiger partial charge in [0, 0.05) is 11.1 Å². The average molecular weight is 289 g/mol. The van der Waals surface area contributed by atoms with Crippen LogP contribution in [0.25, 0.3) is 0 Å². The molecule has 0 fully saturated rings. The average Bonchev–Trinajstić information content (AvgIpc) is 3.01. The zero-order chi connectivity index (χ0) is 14.5. The van der Waals surface area contributed by atoms with Gasteiger partial charge in [-0.25, -0.2) is 0 Å². The third kappa shape index (κ3) is 3.16. The van der Waals surface area contributed by atoms with Gasteiger partial charge in [0.1, 0.15) is 0 Å². The molecule has 0 aliphatic rings. The molecule has 1 atom stereocenters. The van der Waals surface area contributed by atoms with Crippen LogP contribution < -0.4 is 11.1 Å². The van der Waals surface area contributed by atoms with E-state index in [9.17, 15) is 4.79 Å². The van der Waals surface area contributed by atoms with Gasteiger partial charge in [-0.05, 0) is 41.4 Å². The maximum absolute atomic E-state index is 12.1. The molecule has 0 bridgehead atoms. The number of hydrogen-bond donors (Lipinski definition) is 3. The largest absolute Gasteiger partial charge is 0.409 e. The van der Waals surface area contributed by atoms with Crippen LogP contribution in [0.2, 0.25) is 0 Å². The molecule has 1 amide bonds. The molecule has 0 saturated carbocycles. The normalized spacial score (nSPS) is 12.9. The first-order valence-corrected chi connectivity index (χ1v) is 6.97. The Kier molecular flexibility index (Phi) is 4.37. The van der Waals surface area contributed by atoms with Crippen LogP contribution in [-0.4, -0.2) is 17.0 Å². The summed E-state index contributed by atoms with van der Waals surface area (Å²) >= 11 is 1.60. The number of benzene rings is 1. The molecule has 5 nitrogen and oxygen atoms in total. The predicted molar refractivity (Wildman–Crippen MR) is 79.2 cm³/mol. The molecule has 6 heteroatoms. The van der Waals surface area contributed by atoms with Gasteiger partial charge in [0.15, 0.2) is 5.84 Å². The summed E-state index contributed by atoms with van der Waals surface area (Å²) in [6.07, 6.45) is 0. The van der Waals surface area contributed by atoms with E-state index in [4.69, 9.17) is 10.9 Å². The Morgan fingerprint density at radius 3 is 2.50 bits per heavy atom. The summed E-state index contributed by atoms with van der Waals surface area (Å²) in [6, 6.07) is 8.50. The van der Waals surface area contributed by atoms with Gasteiger partial charge in [-0.1, -0.05) is 17.3 Å². The van der Waals surface area contributed by atoms with Crippen LogP contribution in [0.5, 0.6) is 0 Å². The quantitative estimate of drug-likeness (QED) is 0.349. The first-order chi connectivity index (χ1) is 9.61. The Labute approximate surface area is 120 Å². The van der Waals surface area contributed by atoms with Crippen molar-refractivity contribution in [2.24, 2.45) is 10.9 Å². The first-order valence-electron chi connectivity index (χ1n) is 6.02. The van der Waals surface area contributed by atoms with Gasteiger partial charge >= 0.3 is 0 Å². The lowest BCUT2D eigenvalue weighted by atomic mass is 10.1. The maximum atomic E-state index is 12.1. The van der Waals surface area contributed by atoms with Crippen molar-refractivity contribution in [2.75, 3.05) is 0 Å². The van der Waals surface area contributed by atoms with Gasteiger partial charge in [-0.2, -0.15) is 11.3 Å². The van der Waals surface area contributed by atoms with Crippen LogP contribution in [0, 0.1) is 0 Å². The minimum absolute atomic E-state index is 0.0172. The Bertz CT molecular complexity index is 606. The van der Waals surface area contributed by atoms with Crippen LogP contribution >= 0.6 is 11.3 Å². The van der Waals surface area contributed by atoms with Crippen LogP contribution in [0.4, 0.5) is 0 Å². The molecular formula is C14H15N3O2S. The van der Waals surface area contributed by atoms with Gasteiger partial charge in [0.2, 0.25) is 0 Å². The number of nitrogens with zero attached hydrogens (tertiary/aromatic N) is 1. The number of carbonyl (C=O) groups excluding carboxylic acids is 1. The molecule has 2 rings (SSSR count). The highest BCUT2D eigenvalue weighted by atomic mass is 32.1. The first kappa shape index (κ1) is 14.1. The van der Waals surface area contributed by atoms with Crippen molar-refractivity contribution in [2.45, 2.75) is 13.0 Å². The van der Waals surface area contributed by atoms with Crippen LogP contribution in [0.15, 0.2) is 46.2 Å². The lowest BCUT2D eigenvalue weighted by molar-refractivity contribution is 0.0940. The lowest BCUT2D eigenvalue weighted by Gasteiger charge is -2.12. The zero-order valence-electron chi connectivity index (χ0n) is 10.9. The molecular weight excluding hydrogens is 274 g/mol. The van der Waals surface area contributed by atoms with E-state index in [1.54, 1.807) is 35.6 Å². The lowest BCUT2D eigenvalue weighted by Crippen LogP contribution is -2.26. The number of amides is 1. The molecule has 1 aromatic heterocycles. The summed E-state index contributed by atoms with van der Waals surface area (Å²) in [5.41, 5.74) is 7.64. The molecule has 0 aliphatic heterocycles. The van der Waals surface area contributed by atoms with E-state index in [1.165, 1.54) is 0 Å². The molecule has 0 saturated heterocycles. The van der Waals surface area contributed by atoms with Crippen LogP contribution in [-0.2, 0) is 0 Å². The number of oxime groups is 1. The molecule has 1 aromatic carbocycles. The minimum Gasteiger partial charge on any atom is -0.409 e. The van der Waals surface area contributed by atoms with Crippen molar-refractivity contribution in [3.05, 3.63) is 57.8 Å². The van der Waals surface area contributed by atoms with E-state index in [-0.39, 0.29) is 17.8 Å². The van der Waals surface area contributed by atoms with Gasteiger partial charge in [0.05, 0.1) is 6.04 Å². The van der Waals surface area contributed by atoms with E-state index in [2.05, 4.69) is 10.5 Å². The van der Waals surface area contributed by atoms with Gasteiger partial charge in [0.25, 0.3) is 5.91 Å². The summed E-state index contributed by atoms with van der Waals surface area (Å²) in [6.45, 7) is 1.94. The molecule has 1 unspecified atom stereocenters. The Morgan fingerprint density at radius 2 is 1.95 bits per heavy atom. The fourth-order valence-electron chi connectivity index (χ4n) is 1.73. The number of amidine groups is 1. The Morgan fingerprint density at radius 1 is 1.30 bits per heavy atom. The Hall–Kier alpha value is -2.34. The minimum atomic E-state index is -0.158. The fraction of sp³-hybridized carbons (Fsp3) is 0.143. The molecule has 0 spiro atoms. The van der Waals surface area contributed by atoms with Crippen molar-refractivity contribution in [1.29, 1.82) is 0 Å². The number of hydrogen-bond acceptors (Lipinski definition) is 4. The van der Waals surface area contributed by atoms with Crippen molar-refractivity contribution >= 4 is 23.1 Å². The molecule has 4 N–H and O–H groups in total. The van der Waals surface area contributed by atoms with Crippen molar-refractivity contribution in [1.82, 2.24) is 5.32 Å². The Balaban J connectivity index is 2.06. The highest BCUT2D eigenvalue weighted by molar-refractivity contribution is 7.07. The van der Waals surface area contributed by atoms with Crippen molar-refractivity contribution < 1.29 is 10.0 Å².